The van der Waals surface area contributed by atoms with Crippen LogP contribution in [0.5, 0.6) is 0 Å². The number of rotatable bonds is 11. The molecule has 35 heavy (non-hydrogen) atoms. The molecule has 3 heterocycles. The van der Waals surface area contributed by atoms with Gasteiger partial charge in [-0.25, -0.2) is 13.8 Å². The number of allylic oxidation sites excluding steroid dienone is 2. The van der Waals surface area contributed by atoms with Gasteiger partial charge >= 0.3 is 5.97 Å². The van der Waals surface area contributed by atoms with E-state index in [0.717, 1.165) is 30.9 Å². The fourth-order valence-electron chi connectivity index (χ4n) is 4.87. The Balaban J connectivity index is 0.00000432. The zero-order valence-electron chi connectivity index (χ0n) is 20.6. The topological polar surface area (TPSA) is 65.5 Å². The number of pyridine rings is 1. The van der Waals surface area contributed by atoms with Crippen LogP contribution in [0.1, 0.15) is 50.3 Å². The standard InChI is InChI=1S/C27H36F2N3O2.U/c1-18(2)16-23(19(3)4)24(26(33)34)32-15-12-21(17-32)27(28,29)13-6-5-9-22-11-10-20-8-7-14-30-25(20)31-22;/h10-11,16,21,24H,1,3-9,12-15,17H2,2H3,(H,30,31)(H,33,34);/q-1;/b23-16+;. The Hall–Kier alpha value is -1.62. The van der Waals surface area contributed by atoms with E-state index in [4.69, 9.17) is 0 Å². The third kappa shape index (κ3) is 7.93. The van der Waals surface area contributed by atoms with Crippen molar-refractivity contribution in [3.05, 3.63) is 66.3 Å². The van der Waals surface area contributed by atoms with Crippen molar-refractivity contribution >= 4 is 11.8 Å². The number of aliphatic carboxylic acids is 1. The van der Waals surface area contributed by atoms with Gasteiger partial charge in [-0.1, -0.05) is 18.2 Å². The normalized spacial score (nSPS) is 19.3. The first kappa shape index (κ1) is 29.6. The third-order valence-corrected chi connectivity index (χ3v) is 6.67. The van der Waals surface area contributed by atoms with Crippen molar-refractivity contribution in [3.63, 3.8) is 0 Å². The number of unbranched alkanes of at least 4 members (excludes halogenated alkanes) is 1. The summed E-state index contributed by atoms with van der Waals surface area (Å²) in [5.41, 5.74) is 3.58. The molecule has 0 radical (unpaired) electrons. The van der Waals surface area contributed by atoms with Crippen molar-refractivity contribution in [1.29, 1.82) is 0 Å². The van der Waals surface area contributed by atoms with Gasteiger partial charge in [-0.3, -0.25) is 9.69 Å². The smallest absolute Gasteiger partial charge is 0.313 e. The van der Waals surface area contributed by atoms with Gasteiger partial charge in [0.25, 0.3) is 5.92 Å². The third-order valence-electron chi connectivity index (χ3n) is 6.67. The molecule has 2 aliphatic heterocycles. The van der Waals surface area contributed by atoms with E-state index in [-0.39, 0.29) is 50.5 Å². The maximum Gasteiger partial charge on any atom is 0.313 e. The number of aryl methyl sites for hydroxylation is 2. The van der Waals surface area contributed by atoms with Gasteiger partial charge in [-0.2, -0.15) is 19.1 Å². The number of aromatic nitrogens is 1. The Labute approximate surface area is 231 Å². The summed E-state index contributed by atoms with van der Waals surface area (Å²) in [4.78, 5) is 18.3. The van der Waals surface area contributed by atoms with Crippen molar-refractivity contribution in [2.24, 2.45) is 5.92 Å². The molecule has 3 rings (SSSR count). The van der Waals surface area contributed by atoms with Gasteiger partial charge in [0, 0.05) is 62.2 Å². The van der Waals surface area contributed by atoms with Gasteiger partial charge < -0.3 is 10.4 Å². The number of carboxylic acids is 1. The quantitative estimate of drug-likeness (QED) is 0.182. The average Bonchev–Trinajstić information content (AvgIpc) is 3.26. The van der Waals surface area contributed by atoms with Gasteiger partial charge in [-0.05, 0) is 63.6 Å². The number of anilines is 1. The average molecular weight is 711 g/mol. The number of hydrogen-bond donors (Lipinski definition) is 2. The number of carbonyl (C=O) groups is 1. The van der Waals surface area contributed by atoms with Crippen LogP contribution in [0.3, 0.4) is 0 Å². The molecule has 2 aliphatic rings. The molecule has 190 valence electrons. The Bertz CT molecular complexity index is 964. The molecule has 8 heteroatoms. The number of likely N-dealkylation sites (tertiary alicyclic amines) is 1. The fourth-order valence-corrected chi connectivity index (χ4v) is 4.87. The summed E-state index contributed by atoms with van der Waals surface area (Å²) in [5, 5.41) is 13.1. The van der Waals surface area contributed by atoms with Crippen molar-refractivity contribution in [3.8, 4) is 0 Å². The van der Waals surface area contributed by atoms with Crippen LogP contribution in [-0.2, 0) is 17.6 Å². The Kier molecular flexibility index (Phi) is 11.1. The first-order valence-corrected chi connectivity index (χ1v) is 12.0. The van der Waals surface area contributed by atoms with Crippen LogP contribution in [-0.4, -0.2) is 52.6 Å². The van der Waals surface area contributed by atoms with E-state index in [0.29, 0.717) is 42.5 Å². The first-order chi connectivity index (χ1) is 16.1. The first-order valence-electron chi connectivity index (χ1n) is 12.0. The summed E-state index contributed by atoms with van der Waals surface area (Å²) >= 11 is 0. The van der Waals surface area contributed by atoms with Crippen molar-refractivity contribution in [1.82, 2.24) is 9.88 Å². The van der Waals surface area contributed by atoms with Gasteiger partial charge in [0.2, 0.25) is 0 Å². The van der Waals surface area contributed by atoms with E-state index in [1.807, 2.05) is 6.07 Å². The predicted molar refractivity (Wildman–Crippen MR) is 132 cm³/mol. The molecule has 1 aromatic heterocycles. The largest absolute Gasteiger partial charge is 0.481 e. The maximum absolute atomic E-state index is 15.0. The van der Waals surface area contributed by atoms with Gasteiger partial charge in [-0.15, -0.1) is 11.6 Å². The molecular weight excluding hydrogens is 674 g/mol. The molecule has 2 atom stereocenters. The van der Waals surface area contributed by atoms with Crippen LogP contribution in [0.15, 0.2) is 48.1 Å². The Morgan fingerprint density at radius 3 is 2.80 bits per heavy atom. The summed E-state index contributed by atoms with van der Waals surface area (Å²) in [6.45, 7) is 14.4. The number of nitrogens with one attached hydrogen (secondary N) is 1. The molecule has 2 unspecified atom stereocenters. The van der Waals surface area contributed by atoms with Crippen molar-refractivity contribution < 1.29 is 49.8 Å². The minimum atomic E-state index is -2.84. The minimum Gasteiger partial charge on any atom is -0.481 e. The molecule has 2 N–H and O–H groups in total. The van der Waals surface area contributed by atoms with E-state index in [1.54, 1.807) is 17.9 Å². The summed E-state index contributed by atoms with van der Waals surface area (Å²) in [7, 11) is 0. The van der Waals surface area contributed by atoms with E-state index in [1.165, 1.54) is 5.56 Å². The molecule has 1 saturated heterocycles. The van der Waals surface area contributed by atoms with Gasteiger partial charge in [0.05, 0.1) is 6.04 Å². The molecule has 0 bridgehead atoms. The molecule has 0 aromatic carbocycles. The molecule has 0 aliphatic carbocycles. The molecule has 1 aromatic rings. The number of carboxylic acid groups (broad SMARTS) is 1. The second kappa shape index (κ2) is 13.1. The van der Waals surface area contributed by atoms with Crippen LogP contribution in [0, 0.1) is 44.0 Å². The second-order valence-electron chi connectivity index (χ2n) is 9.58. The van der Waals surface area contributed by atoms with Crippen LogP contribution in [0.4, 0.5) is 14.6 Å². The van der Waals surface area contributed by atoms with Crippen LogP contribution < -0.4 is 5.32 Å². The summed E-state index contributed by atoms with van der Waals surface area (Å²) in [6, 6.07) is 3.03. The van der Waals surface area contributed by atoms with Gasteiger partial charge in [0.15, 0.2) is 0 Å². The monoisotopic (exact) mass is 710 g/mol. The minimum absolute atomic E-state index is 0. The molecule has 1 fully saturated rings. The van der Waals surface area contributed by atoms with Crippen LogP contribution >= 0.6 is 0 Å². The summed E-state index contributed by atoms with van der Waals surface area (Å²) < 4.78 is 30.1. The maximum atomic E-state index is 15.0. The predicted octanol–water partition coefficient (Wildman–Crippen LogP) is 5.46. The van der Waals surface area contributed by atoms with Gasteiger partial charge in [0.1, 0.15) is 5.82 Å². The summed E-state index contributed by atoms with van der Waals surface area (Å²) in [6.07, 6.45) is 5.52. The van der Waals surface area contributed by atoms with E-state index < -0.39 is 23.9 Å². The van der Waals surface area contributed by atoms with Crippen molar-refractivity contribution in [2.75, 3.05) is 25.0 Å². The SMILES string of the molecule is C=C(C)/C=C(\C(=C)[CH2-])C(C(=O)O)N1CCC(C(F)(F)CCCCc2ccc3c(n2)NCCC3)C1.[U]. The molecule has 0 amide bonds. The zero-order valence-corrected chi connectivity index (χ0v) is 24.7. The van der Waals surface area contributed by atoms with E-state index in [2.05, 4.69) is 36.4 Å². The number of alkyl halides is 2. The van der Waals surface area contributed by atoms with E-state index in [9.17, 15) is 9.90 Å². The number of fused-ring (bicyclic) bond motifs is 1. The number of halogens is 2. The number of hydrogen-bond acceptors (Lipinski definition) is 4. The Morgan fingerprint density at radius 2 is 2.14 bits per heavy atom. The molecule has 5 nitrogen and oxygen atoms in total. The zero-order chi connectivity index (χ0) is 24.9. The molecule has 0 spiro atoms. The van der Waals surface area contributed by atoms with Crippen LogP contribution in [0.25, 0.3) is 0 Å². The van der Waals surface area contributed by atoms with E-state index >= 15 is 8.78 Å². The Morgan fingerprint density at radius 1 is 1.40 bits per heavy atom. The number of nitrogens with zero attached hydrogens (tertiary/aromatic N) is 2. The summed E-state index contributed by atoms with van der Waals surface area (Å²) in [5.74, 6) is -3.88. The van der Waals surface area contributed by atoms with Crippen LogP contribution in [0.2, 0.25) is 0 Å². The molecular formula is C27H36F2N3O2U-. The second-order valence-corrected chi connectivity index (χ2v) is 9.58. The molecule has 0 saturated carbocycles. The fraction of sp³-hybridized carbons (Fsp3) is 0.519. The van der Waals surface area contributed by atoms with Crippen molar-refractivity contribution in [2.45, 2.75) is 63.8 Å².